The summed E-state index contributed by atoms with van der Waals surface area (Å²) in [6.45, 7) is 8.85. The molecule has 1 N–H and O–H groups in total. The van der Waals surface area contributed by atoms with Gasteiger partial charge in [-0.2, -0.15) is 0 Å². The Morgan fingerprint density at radius 2 is 2.03 bits per heavy atom. The van der Waals surface area contributed by atoms with E-state index in [1.807, 2.05) is 0 Å². The molecule has 2 aliphatic rings. The van der Waals surface area contributed by atoms with E-state index in [2.05, 4.69) is 66.3 Å². The van der Waals surface area contributed by atoms with Gasteiger partial charge in [-0.3, -0.25) is 4.90 Å². The van der Waals surface area contributed by atoms with Gasteiger partial charge in [0, 0.05) is 43.8 Å². The van der Waals surface area contributed by atoms with E-state index in [-0.39, 0.29) is 24.8 Å². The molecule has 4 rings (SSSR count). The lowest BCUT2D eigenvalue weighted by Gasteiger charge is -2.41. The summed E-state index contributed by atoms with van der Waals surface area (Å²) in [6, 6.07) is 11.1. The Labute approximate surface area is 190 Å². The Morgan fingerprint density at radius 1 is 1.24 bits per heavy atom. The molecule has 0 saturated carbocycles. The fourth-order valence-electron chi connectivity index (χ4n) is 3.80. The third-order valence-electron chi connectivity index (χ3n) is 5.35. The van der Waals surface area contributed by atoms with E-state index in [9.17, 15) is 0 Å². The number of fused-ring (bicyclic) bond motifs is 2. The highest BCUT2D eigenvalue weighted by Crippen LogP contribution is 2.39. The highest BCUT2D eigenvalue weighted by molar-refractivity contribution is 7.16. The Kier molecular flexibility index (Phi) is 8.79. The molecule has 0 radical (unpaired) electrons. The van der Waals surface area contributed by atoms with E-state index in [1.165, 1.54) is 15.4 Å². The first-order valence-corrected chi connectivity index (χ1v) is 10.6. The van der Waals surface area contributed by atoms with Gasteiger partial charge in [-0.25, -0.2) is 4.99 Å². The lowest BCUT2D eigenvalue weighted by Crippen LogP contribution is -2.53. The first kappa shape index (κ1) is 24.0. The summed E-state index contributed by atoms with van der Waals surface area (Å²) in [5.41, 5.74) is 3.32. The fraction of sp³-hybridized carbons (Fsp3) is 0.476. The number of likely N-dealkylation sites (N-methyl/N-ethyl adjacent to an activating group) is 1. The van der Waals surface area contributed by atoms with Gasteiger partial charge >= 0.3 is 0 Å². The van der Waals surface area contributed by atoms with Crippen LogP contribution in [0.3, 0.4) is 0 Å². The topological polar surface area (TPSA) is 40.1 Å². The molecule has 3 heterocycles. The Bertz CT molecular complexity index is 842. The van der Waals surface area contributed by atoms with Gasteiger partial charge in [0.25, 0.3) is 0 Å². The van der Waals surface area contributed by atoms with Crippen molar-refractivity contribution in [3.05, 3.63) is 40.8 Å². The molecule has 2 aromatic rings. The minimum Gasteiger partial charge on any atom is -0.382 e. The van der Waals surface area contributed by atoms with Gasteiger partial charge in [0.2, 0.25) is 0 Å². The number of piperazine rings is 1. The zero-order valence-electron chi connectivity index (χ0n) is 17.2. The minimum absolute atomic E-state index is 0. The van der Waals surface area contributed by atoms with Crippen LogP contribution in [0.15, 0.2) is 35.3 Å². The summed E-state index contributed by atoms with van der Waals surface area (Å²) in [5, 5.41) is 4.80. The van der Waals surface area contributed by atoms with Crippen LogP contribution in [0.1, 0.15) is 23.8 Å². The monoisotopic (exact) mass is 456 g/mol. The molecule has 160 valence electrons. The molecule has 1 saturated heterocycles. The second-order valence-electron chi connectivity index (χ2n) is 7.24. The highest BCUT2D eigenvalue weighted by Gasteiger charge is 2.29. The van der Waals surface area contributed by atoms with Crippen molar-refractivity contribution in [2.75, 3.05) is 45.2 Å². The van der Waals surface area contributed by atoms with Crippen molar-refractivity contribution in [3.63, 3.8) is 0 Å². The zero-order chi connectivity index (χ0) is 18.8. The lowest BCUT2D eigenvalue weighted by molar-refractivity contribution is 0.0843. The van der Waals surface area contributed by atoms with Crippen LogP contribution >= 0.6 is 36.2 Å². The van der Waals surface area contributed by atoms with Gasteiger partial charge < -0.3 is 15.0 Å². The van der Waals surface area contributed by atoms with Crippen LogP contribution in [0.25, 0.3) is 0 Å². The molecule has 2 aliphatic heterocycles. The summed E-state index contributed by atoms with van der Waals surface area (Å²) in [6.07, 6.45) is 1.05. The second-order valence-corrected chi connectivity index (χ2v) is 8.50. The van der Waals surface area contributed by atoms with Gasteiger partial charge in [0.15, 0.2) is 0 Å². The number of thiophene rings is 1. The van der Waals surface area contributed by atoms with Crippen molar-refractivity contribution in [1.82, 2.24) is 9.80 Å². The van der Waals surface area contributed by atoms with Crippen LogP contribution in [0.2, 0.25) is 0 Å². The van der Waals surface area contributed by atoms with Crippen LogP contribution in [0.4, 0.5) is 16.4 Å². The van der Waals surface area contributed by atoms with Crippen molar-refractivity contribution in [2.45, 2.75) is 26.3 Å². The largest absolute Gasteiger partial charge is 0.382 e. The van der Waals surface area contributed by atoms with Crippen molar-refractivity contribution in [1.29, 1.82) is 0 Å². The number of aliphatic imine (C=N–C) groups is 1. The van der Waals surface area contributed by atoms with Crippen LogP contribution < -0.4 is 5.32 Å². The van der Waals surface area contributed by atoms with E-state index in [1.54, 1.807) is 11.3 Å². The third-order valence-corrected chi connectivity index (χ3v) is 6.32. The van der Waals surface area contributed by atoms with Crippen molar-refractivity contribution >= 4 is 58.4 Å². The number of amidine groups is 1. The van der Waals surface area contributed by atoms with Crippen molar-refractivity contribution in [2.24, 2.45) is 4.99 Å². The molecule has 1 atom stereocenters. The maximum atomic E-state index is 5.61. The minimum atomic E-state index is 0. The summed E-state index contributed by atoms with van der Waals surface area (Å²) in [7, 11) is 2.22. The number of anilines is 2. The molecule has 0 unspecified atom stereocenters. The molecular weight excluding hydrogens is 427 g/mol. The number of benzene rings is 1. The van der Waals surface area contributed by atoms with Gasteiger partial charge in [-0.1, -0.05) is 12.1 Å². The number of hydrogen-bond acceptors (Lipinski definition) is 6. The summed E-state index contributed by atoms with van der Waals surface area (Å²) < 4.78 is 5.61. The SMILES string of the molecule is CCOCC[C@H]1CN(C2=Nc3ccccc3Nc3sc(C)cc32)CCN1C.Cl.Cl. The molecule has 1 fully saturated rings. The summed E-state index contributed by atoms with van der Waals surface area (Å²) >= 11 is 1.80. The molecule has 0 bridgehead atoms. The highest BCUT2D eigenvalue weighted by atomic mass is 35.5. The van der Waals surface area contributed by atoms with Gasteiger partial charge in [-0.15, -0.1) is 36.2 Å². The summed E-state index contributed by atoms with van der Waals surface area (Å²) in [4.78, 5) is 11.3. The van der Waals surface area contributed by atoms with E-state index >= 15 is 0 Å². The number of hydrogen-bond donors (Lipinski definition) is 1. The average Bonchev–Trinajstić information content (AvgIpc) is 2.95. The third kappa shape index (κ3) is 5.25. The number of para-hydroxylation sites is 2. The molecule has 0 spiro atoms. The van der Waals surface area contributed by atoms with Crippen molar-refractivity contribution < 1.29 is 4.74 Å². The average molecular weight is 457 g/mol. The number of nitrogens with one attached hydrogen (secondary N) is 1. The van der Waals surface area contributed by atoms with Crippen LogP contribution in [0, 0.1) is 6.92 Å². The zero-order valence-corrected chi connectivity index (χ0v) is 19.6. The first-order chi connectivity index (χ1) is 13.2. The number of rotatable bonds is 4. The Balaban J connectivity index is 0.00000150. The first-order valence-electron chi connectivity index (χ1n) is 9.74. The Hall–Kier alpha value is -1.31. The van der Waals surface area contributed by atoms with Crippen LogP contribution in [-0.4, -0.2) is 61.6 Å². The quantitative estimate of drug-likeness (QED) is 0.651. The van der Waals surface area contributed by atoms with E-state index in [0.29, 0.717) is 6.04 Å². The number of ether oxygens (including phenoxy) is 1. The number of halogens is 2. The molecular formula is C21H30Cl2N4OS. The fourth-order valence-corrected chi connectivity index (χ4v) is 4.72. The predicted molar refractivity (Wildman–Crippen MR) is 129 cm³/mol. The normalized spacial score (nSPS) is 18.4. The molecule has 29 heavy (non-hydrogen) atoms. The Morgan fingerprint density at radius 3 is 2.83 bits per heavy atom. The molecule has 0 aliphatic carbocycles. The van der Waals surface area contributed by atoms with Gasteiger partial charge in [0.05, 0.1) is 16.9 Å². The maximum Gasteiger partial charge on any atom is 0.139 e. The standard InChI is InChI=1S/C21H28N4OS.2ClH/c1-4-26-12-9-16-14-25(11-10-24(16)3)20-17-13-15(2)27-21(17)23-19-8-6-5-7-18(19)22-20;;/h5-8,13,16,23H,4,9-12,14H2,1-3H3;2*1H/t16-;;/m0../s1. The number of aryl methyl sites for hydroxylation is 1. The van der Waals surface area contributed by atoms with Crippen LogP contribution in [-0.2, 0) is 4.74 Å². The van der Waals surface area contributed by atoms with Crippen molar-refractivity contribution in [3.8, 4) is 0 Å². The van der Waals surface area contributed by atoms with Crippen LogP contribution in [0.5, 0.6) is 0 Å². The van der Waals surface area contributed by atoms with E-state index in [0.717, 1.165) is 56.5 Å². The lowest BCUT2D eigenvalue weighted by atomic mass is 10.1. The molecule has 5 nitrogen and oxygen atoms in total. The molecule has 1 aromatic carbocycles. The predicted octanol–water partition coefficient (Wildman–Crippen LogP) is 5.08. The molecule has 8 heteroatoms. The number of nitrogens with zero attached hydrogens (tertiary/aromatic N) is 3. The second kappa shape index (κ2) is 10.6. The van der Waals surface area contributed by atoms with E-state index < -0.39 is 0 Å². The smallest absolute Gasteiger partial charge is 0.139 e. The van der Waals surface area contributed by atoms with E-state index in [4.69, 9.17) is 9.73 Å². The molecule has 1 aromatic heterocycles. The summed E-state index contributed by atoms with van der Waals surface area (Å²) in [5.74, 6) is 1.10. The van der Waals surface area contributed by atoms with Gasteiger partial charge in [-0.05, 0) is 45.5 Å². The maximum absolute atomic E-state index is 5.61. The molecule has 0 amide bonds. The van der Waals surface area contributed by atoms with Gasteiger partial charge in [0.1, 0.15) is 10.8 Å².